The van der Waals surface area contributed by atoms with Crippen molar-refractivity contribution in [2.24, 2.45) is 5.92 Å². The lowest BCUT2D eigenvalue weighted by molar-refractivity contribution is 0.262. The summed E-state index contributed by atoms with van der Waals surface area (Å²) in [5, 5.41) is 3.84. The van der Waals surface area contributed by atoms with Crippen LogP contribution in [0.15, 0.2) is 0 Å². The Morgan fingerprint density at radius 1 is 1.06 bits per heavy atom. The van der Waals surface area contributed by atoms with Gasteiger partial charge in [0.1, 0.15) is 0 Å². The van der Waals surface area contributed by atoms with Gasteiger partial charge in [-0.2, -0.15) is 0 Å². The van der Waals surface area contributed by atoms with Crippen LogP contribution in [-0.4, -0.2) is 36.6 Å². The second-order valence-electron chi connectivity index (χ2n) is 6.34. The quantitative estimate of drug-likeness (QED) is 0.757. The van der Waals surface area contributed by atoms with Crippen molar-refractivity contribution in [3.05, 3.63) is 0 Å². The minimum Gasteiger partial charge on any atom is -0.314 e. The zero-order valence-corrected chi connectivity index (χ0v) is 11.8. The number of nitrogens with zero attached hydrogens (tertiary/aromatic N) is 1. The summed E-state index contributed by atoms with van der Waals surface area (Å²) < 4.78 is 0. The van der Waals surface area contributed by atoms with Crippen LogP contribution in [0.3, 0.4) is 0 Å². The number of hydrogen-bond donors (Lipinski definition) is 1. The van der Waals surface area contributed by atoms with Gasteiger partial charge in [-0.05, 0) is 52.1 Å². The van der Waals surface area contributed by atoms with E-state index in [1.165, 1.54) is 64.6 Å². The van der Waals surface area contributed by atoms with Crippen molar-refractivity contribution in [1.29, 1.82) is 0 Å². The molecule has 1 unspecified atom stereocenters. The average Bonchev–Trinajstić information content (AvgIpc) is 2.63. The van der Waals surface area contributed by atoms with Gasteiger partial charge in [0.15, 0.2) is 0 Å². The van der Waals surface area contributed by atoms with Gasteiger partial charge in [-0.1, -0.05) is 25.7 Å². The molecule has 1 atom stereocenters. The van der Waals surface area contributed by atoms with Crippen LogP contribution in [0.25, 0.3) is 0 Å². The lowest BCUT2D eigenvalue weighted by Gasteiger charge is -2.22. The molecule has 17 heavy (non-hydrogen) atoms. The Morgan fingerprint density at radius 3 is 2.35 bits per heavy atom. The number of hydrogen-bond acceptors (Lipinski definition) is 2. The van der Waals surface area contributed by atoms with Gasteiger partial charge in [0, 0.05) is 18.6 Å². The maximum Gasteiger partial charge on any atom is 0.00671 e. The molecule has 0 bridgehead atoms. The predicted molar refractivity (Wildman–Crippen MR) is 74.3 cm³/mol. The number of rotatable bonds is 4. The summed E-state index contributed by atoms with van der Waals surface area (Å²) >= 11 is 0. The van der Waals surface area contributed by atoms with Crippen molar-refractivity contribution < 1.29 is 0 Å². The van der Waals surface area contributed by atoms with Gasteiger partial charge in [-0.25, -0.2) is 0 Å². The molecule has 2 fully saturated rings. The normalized spacial score (nSPS) is 28.8. The van der Waals surface area contributed by atoms with Gasteiger partial charge in [-0.3, -0.25) is 0 Å². The zero-order valence-electron chi connectivity index (χ0n) is 11.8. The molecule has 1 aliphatic heterocycles. The number of likely N-dealkylation sites (tertiary alicyclic amines) is 1. The third-order valence-electron chi connectivity index (χ3n) is 4.60. The van der Waals surface area contributed by atoms with E-state index in [4.69, 9.17) is 0 Å². The van der Waals surface area contributed by atoms with Crippen molar-refractivity contribution in [3.8, 4) is 0 Å². The standard InChI is InChI=1S/C15H30N2/c1-13(2)17-10-9-14(12-17)11-16-15-7-5-3-4-6-8-15/h13-16H,3-12H2,1-2H3. The molecular formula is C15H30N2. The zero-order chi connectivity index (χ0) is 12.1. The smallest absolute Gasteiger partial charge is 0.00671 e. The van der Waals surface area contributed by atoms with Gasteiger partial charge < -0.3 is 10.2 Å². The molecule has 0 aromatic heterocycles. The molecule has 2 rings (SSSR count). The van der Waals surface area contributed by atoms with Crippen LogP contribution in [-0.2, 0) is 0 Å². The Morgan fingerprint density at radius 2 is 1.76 bits per heavy atom. The first-order valence-electron chi connectivity index (χ1n) is 7.73. The molecule has 1 saturated carbocycles. The van der Waals surface area contributed by atoms with Crippen molar-refractivity contribution in [2.75, 3.05) is 19.6 Å². The van der Waals surface area contributed by atoms with E-state index in [0.717, 1.165) is 18.0 Å². The van der Waals surface area contributed by atoms with Crippen LogP contribution < -0.4 is 5.32 Å². The van der Waals surface area contributed by atoms with E-state index in [9.17, 15) is 0 Å². The van der Waals surface area contributed by atoms with Crippen LogP contribution in [0.1, 0.15) is 58.8 Å². The Bertz CT molecular complexity index is 207. The summed E-state index contributed by atoms with van der Waals surface area (Å²) in [7, 11) is 0. The lowest BCUT2D eigenvalue weighted by Crippen LogP contribution is -2.35. The van der Waals surface area contributed by atoms with Crippen LogP contribution in [0.2, 0.25) is 0 Å². The highest BCUT2D eigenvalue weighted by molar-refractivity contribution is 4.81. The first-order valence-corrected chi connectivity index (χ1v) is 7.73. The Labute approximate surface area is 107 Å². The van der Waals surface area contributed by atoms with E-state index in [1.807, 2.05) is 0 Å². The van der Waals surface area contributed by atoms with Crippen molar-refractivity contribution in [1.82, 2.24) is 10.2 Å². The summed E-state index contributed by atoms with van der Waals surface area (Å²) in [5.41, 5.74) is 0. The molecule has 1 N–H and O–H groups in total. The summed E-state index contributed by atoms with van der Waals surface area (Å²) in [6, 6.07) is 1.56. The van der Waals surface area contributed by atoms with E-state index in [1.54, 1.807) is 0 Å². The fourth-order valence-electron chi connectivity index (χ4n) is 3.32. The Hall–Kier alpha value is -0.0800. The van der Waals surface area contributed by atoms with Gasteiger partial charge >= 0.3 is 0 Å². The monoisotopic (exact) mass is 238 g/mol. The van der Waals surface area contributed by atoms with Crippen LogP contribution in [0.4, 0.5) is 0 Å². The van der Waals surface area contributed by atoms with Gasteiger partial charge in [0.2, 0.25) is 0 Å². The van der Waals surface area contributed by atoms with E-state index in [-0.39, 0.29) is 0 Å². The molecule has 2 aliphatic rings. The van der Waals surface area contributed by atoms with Crippen molar-refractivity contribution in [2.45, 2.75) is 70.9 Å². The first-order chi connectivity index (χ1) is 8.25. The fraction of sp³-hybridized carbons (Fsp3) is 1.00. The SMILES string of the molecule is CC(C)N1CCC(CNC2CCCCCC2)C1. The van der Waals surface area contributed by atoms with Crippen LogP contribution in [0, 0.1) is 5.92 Å². The Balaban J connectivity index is 1.64. The molecule has 2 heteroatoms. The minimum atomic E-state index is 0.734. The highest BCUT2D eigenvalue weighted by atomic mass is 15.2. The van der Waals surface area contributed by atoms with Crippen molar-refractivity contribution >= 4 is 0 Å². The molecule has 1 saturated heterocycles. The third-order valence-corrected chi connectivity index (χ3v) is 4.60. The van der Waals surface area contributed by atoms with Gasteiger partial charge in [0.25, 0.3) is 0 Å². The molecule has 1 heterocycles. The highest BCUT2D eigenvalue weighted by Crippen LogP contribution is 2.20. The molecule has 0 amide bonds. The second kappa shape index (κ2) is 6.75. The minimum absolute atomic E-state index is 0.734. The summed E-state index contributed by atoms with van der Waals surface area (Å²) in [4.78, 5) is 2.62. The van der Waals surface area contributed by atoms with E-state index >= 15 is 0 Å². The van der Waals surface area contributed by atoms with Gasteiger partial charge in [0.05, 0.1) is 0 Å². The molecule has 100 valence electrons. The molecule has 0 aromatic rings. The number of nitrogens with one attached hydrogen (secondary N) is 1. The maximum atomic E-state index is 3.84. The summed E-state index contributed by atoms with van der Waals surface area (Å²) in [5.74, 6) is 0.903. The largest absolute Gasteiger partial charge is 0.314 e. The fourth-order valence-corrected chi connectivity index (χ4v) is 3.32. The van der Waals surface area contributed by atoms with Crippen LogP contribution >= 0.6 is 0 Å². The lowest BCUT2D eigenvalue weighted by atomic mass is 10.1. The second-order valence-corrected chi connectivity index (χ2v) is 6.34. The van der Waals surface area contributed by atoms with Gasteiger partial charge in [-0.15, -0.1) is 0 Å². The molecule has 2 nitrogen and oxygen atoms in total. The van der Waals surface area contributed by atoms with E-state index in [2.05, 4.69) is 24.1 Å². The molecule has 0 radical (unpaired) electrons. The topological polar surface area (TPSA) is 15.3 Å². The molecule has 1 aliphatic carbocycles. The Kier molecular flexibility index (Phi) is 5.30. The molecular weight excluding hydrogens is 208 g/mol. The molecule has 0 spiro atoms. The third kappa shape index (κ3) is 4.26. The van der Waals surface area contributed by atoms with E-state index < -0.39 is 0 Å². The average molecular weight is 238 g/mol. The highest BCUT2D eigenvalue weighted by Gasteiger charge is 2.24. The maximum absolute atomic E-state index is 3.84. The van der Waals surface area contributed by atoms with Crippen molar-refractivity contribution in [3.63, 3.8) is 0 Å². The van der Waals surface area contributed by atoms with Crippen LogP contribution in [0.5, 0.6) is 0 Å². The summed E-state index contributed by atoms with van der Waals surface area (Å²) in [6.45, 7) is 8.53. The predicted octanol–water partition coefficient (Wildman–Crippen LogP) is 3.03. The van der Waals surface area contributed by atoms with E-state index in [0.29, 0.717) is 0 Å². The molecule has 0 aromatic carbocycles. The summed E-state index contributed by atoms with van der Waals surface area (Å²) in [6.07, 6.45) is 10.0. The first kappa shape index (κ1) is 13.4.